The number of amides is 1. The summed E-state index contributed by atoms with van der Waals surface area (Å²) in [5.74, 6) is 0.942. The van der Waals surface area contributed by atoms with E-state index in [-0.39, 0.29) is 18.4 Å². The molecule has 0 radical (unpaired) electrons. The molecule has 0 saturated carbocycles. The second-order valence-corrected chi connectivity index (χ2v) is 3.81. The number of rotatable bonds is 1. The van der Waals surface area contributed by atoms with Crippen LogP contribution in [0, 0.1) is 11.8 Å². The van der Waals surface area contributed by atoms with E-state index >= 15 is 0 Å². The molecule has 0 aromatic heterocycles. The predicted octanol–water partition coefficient (Wildman–Crippen LogP) is 0.483. The lowest BCUT2D eigenvalue weighted by Gasteiger charge is -2.35. The molecule has 70 valence electrons. The number of carbonyl (C=O) groups is 1. The molecule has 0 aromatic rings. The number of aliphatic hydroxyl groups excluding tert-OH is 1. The van der Waals surface area contributed by atoms with Crippen molar-refractivity contribution in [3.8, 4) is 0 Å². The molecule has 1 heterocycles. The van der Waals surface area contributed by atoms with E-state index in [1.54, 1.807) is 6.92 Å². The quantitative estimate of drug-likeness (QED) is 0.623. The highest BCUT2D eigenvalue weighted by Crippen LogP contribution is 2.20. The van der Waals surface area contributed by atoms with Crippen molar-refractivity contribution in [2.45, 2.75) is 20.3 Å². The second-order valence-electron chi connectivity index (χ2n) is 3.81. The Morgan fingerprint density at radius 3 is 2.75 bits per heavy atom. The maximum atomic E-state index is 11.1. The molecular weight excluding hydrogens is 154 g/mol. The fourth-order valence-corrected chi connectivity index (χ4v) is 1.87. The maximum Gasteiger partial charge on any atom is 0.219 e. The van der Waals surface area contributed by atoms with E-state index < -0.39 is 0 Å². The van der Waals surface area contributed by atoms with Crippen LogP contribution in [-0.4, -0.2) is 35.6 Å². The smallest absolute Gasteiger partial charge is 0.219 e. The van der Waals surface area contributed by atoms with Gasteiger partial charge in [-0.25, -0.2) is 0 Å². The van der Waals surface area contributed by atoms with Gasteiger partial charge in [0.2, 0.25) is 5.91 Å². The molecular formula is C9H17NO2. The molecule has 1 saturated heterocycles. The lowest BCUT2D eigenvalue weighted by molar-refractivity contribution is -0.131. The zero-order valence-electron chi connectivity index (χ0n) is 7.79. The van der Waals surface area contributed by atoms with Crippen LogP contribution >= 0.6 is 0 Å². The van der Waals surface area contributed by atoms with Crippen LogP contribution in [-0.2, 0) is 4.79 Å². The van der Waals surface area contributed by atoms with Crippen LogP contribution in [0.15, 0.2) is 0 Å². The molecule has 1 aliphatic heterocycles. The van der Waals surface area contributed by atoms with Crippen LogP contribution in [0.3, 0.4) is 0 Å². The molecule has 1 amide bonds. The van der Waals surface area contributed by atoms with E-state index in [1.165, 1.54) is 0 Å². The summed E-state index contributed by atoms with van der Waals surface area (Å²) in [6, 6.07) is 0. The van der Waals surface area contributed by atoms with Gasteiger partial charge in [0.1, 0.15) is 0 Å². The van der Waals surface area contributed by atoms with Gasteiger partial charge < -0.3 is 10.0 Å². The van der Waals surface area contributed by atoms with Crippen molar-refractivity contribution in [3.63, 3.8) is 0 Å². The van der Waals surface area contributed by atoms with Crippen molar-refractivity contribution in [3.05, 3.63) is 0 Å². The topological polar surface area (TPSA) is 40.5 Å². The number of hydrogen-bond donors (Lipinski definition) is 1. The summed E-state index contributed by atoms with van der Waals surface area (Å²) in [5.41, 5.74) is 0. The molecule has 1 aliphatic rings. The zero-order valence-corrected chi connectivity index (χ0v) is 7.79. The third-order valence-electron chi connectivity index (χ3n) is 2.45. The van der Waals surface area contributed by atoms with Crippen molar-refractivity contribution in [2.24, 2.45) is 11.8 Å². The van der Waals surface area contributed by atoms with Gasteiger partial charge in [0.05, 0.1) is 0 Å². The van der Waals surface area contributed by atoms with E-state index in [4.69, 9.17) is 5.11 Å². The van der Waals surface area contributed by atoms with Gasteiger partial charge in [-0.3, -0.25) is 4.79 Å². The SMILES string of the molecule is CC(=O)N1C[C@H](C)C[C@@H](CO)C1. The molecule has 1 rings (SSSR count). The second kappa shape index (κ2) is 3.90. The fraction of sp³-hybridized carbons (Fsp3) is 0.889. The monoisotopic (exact) mass is 171 g/mol. The highest BCUT2D eigenvalue weighted by atomic mass is 16.3. The van der Waals surface area contributed by atoms with Gasteiger partial charge in [0.15, 0.2) is 0 Å². The Morgan fingerprint density at radius 2 is 2.25 bits per heavy atom. The van der Waals surface area contributed by atoms with Gasteiger partial charge in [0.25, 0.3) is 0 Å². The van der Waals surface area contributed by atoms with Gasteiger partial charge in [-0.1, -0.05) is 6.92 Å². The number of aliphatic hydroxyl groups is 1. The minimum Gasteiger partial charge on any atom is -0.396 e. The number of likely N-dealkylation sites (tertiary alicyclic amines) is 1. The first kappa shape index (κ1) is 9.52. The van der Waals surface area contributed by atoms with E-state index in [0.717, 1.165) is 19.5 Å². The van der Waals surface area contributed by atoms with E-state index in [9.17, 15) is 4.79 Å². The minimum atomic E-state index is 0.125. The highest BCUT2D eigenvalue weighted by molar-refractivity contribution is 5.73. The van der Waals surface area contributed by atoms with Crippen LogP contribution in [0.5, 0.6) is 0 Å². The first-order valence-electron chi connectivity index (χ1n) is 4.50. The summed E-state index contributed by atoms with van der Waals surface area (Å²) in [7, 11) is 0. The molecule has 3 heteroatoms. The summed E-state index contributed by atoms with van der Waals surface area (Å²) >= 11 is 0. The molecule has 1 N–H and O–H groups in total. The molecule has 12 heavy (non-hydrogen) atoms. The van der Waals surface area contributed by atoms with Crippen LogP contribution < -0.4 is 0 Å². The molecule has 0 unspecified atom stereocenters. The number of carbonyl (C=O) groups excluding carboxylic acids is 1. The Balaban J connectivity index is 2.51. The minimum absolute atomic E-state index is 0.125. The summed E-state index contributed by atoms with van der Waals surface area (Å²) in [5, 5.41) is 8.97. The first-order chi connectivity index (χ1) is 5.63. The van der Waals surface area contributed by atoms with Crippen LogP contribution in [0.1, 0.15) is 20.3 Å². The van der Waals surface area contributed by atoms with E-state index in [2.05, 4.69) is 6.92 Å². The molecule has 0 aliphatic carbocycles. The number of hydrogen-bond acceptors (Lipinski definition) is 2. The molecule has 0 aromatic carbocycles. The van der Waals surface area contributed by atoms with Gasteiger partial charge in [-0.05, 0) is 18.3 Å². The predicted molar refractivity (Wildman–Crippen MR) is 46.6 cm³/mol. The van der Waals surface area contributed by atoms with Crippen LogP contribution in [0.4, 0.5) is 0 Å². The highest BCUT2D eigenvalue weighted by Gasteiger charge is 2.25. The normalized spacial score (nSPS) is 30.4. The summed E-state index contributed by atoms with van der Waals surface area (Å²) in [6.45, 7) is 5.50. The molecule has 0 bridgehead atoms. The number of piperidine rings is 1. The van der Waals surface area contributed by atoms with Crippen molar-refractivity contribution in [2.75, 3.05) is 19.7 Å². The average Bonchev–Trinajstić information content (AvgIpc) is 2.03. The van der Waals surface area contributed by atoms with Gasteiger partial charge >= 0.3 is 0 Å². The Hall–Kier alpha value is -0.570. The van der Waals surface area contributed by atoms with Gasteiger partial charge in [-0.15, -0.1) is 0 Å². The third-order valence-corrected chi connectivity index (χ3v) is 2.45. The average molecular weight is 171 g/mol. The van der Waals surface area contributed by atoms with Crippen LogP contribution in [0.2, 0.25) is 0 Å². The fourth-order valence-electron chi connectivity index (χ4n) is 1.87. The Kier molecular flexibility index (Phi) is 3.09. The molecule has 0 spiro atoms. The molecule has 3 nitrogen and oxygen atoms in total. The molecule has 2 atom stereocenters. The van der Waals surface area contributed by atoms with Gasteiger partial charge in [-0.2, -0.15) is 0 Å². The lowest BCUT2D eigenvalue weighted by Crippen LogP contribution is -2.43. The Morgan fingerprint density at radius 1 is 1.58 bits per heavy atom. The van der Waals surface area contributed by atoms with Crippen molar-refractivity contribution < 1.29 is 9.90 Å². The standard InChI is InChI=1S/C9H17NO2/c1-7-3-9(6-11)5-10(4-7)8(2)12/h7,9,11H,3-6H2,1-2H3/t7-,9-/m1/s1. The third kappa shape index (κ3) is 2.21. The maximum absolute atomic E-state index is 11.1. The van der Waals surface area contributed by atoms with Crippen molar-refractivity contribution in [1.82, 2.24) is 4.90 Å². The molecule has 1 fully saturated rings. The van der Waals surface area contributed by atoms with E-state index in [1.807, 2.05) is 4.90 Å². The Bertz CT molecular complexity index is 170. The lowest BCUT2D eigenvalue weighted by atomic mass is 9.91. The Labute approximate surface area is 73.4 Å². The van der Waals surface area contributed by atoms with Crippen molar-refractivity contribution >= 4 is 5.91 Å². The largest absolute Gasteiger partial charge is 0.396 e. The van der Waals surface area contributed by atoms with Crippen LogP contribution in [0.25, 0.3) is 0 Å². The zero-order chi connectivity index (χ0) is 9.14. The summed E-state index contributed by atoms with van der Waals surface area (Å²) in [6.07, 6.45) is 1.04. The van der Waals surface area contributed by atoms with Crippen molar-refractivity contribution in [1.29, 1.82) is 0 Å². The summed E-state index contributed by atoms with van der Waals surface area (Å²) < 4.78 is 0. The van der Waals surface area contributed by atoms with Gasteiger partial charge in [0, 0.05) is 26.6 Å². The summed E-state index contributed by atoms with van der Waals surface area (Å²) in [4.78, 5) is 12.9. The number of nitrogens with zero attached hydrogens (tertiary/aromatic N) is 1. The first-order valence-corrected chi connectivity index (χ1v) is 4.50. The van der Waals surface area contributed by atoms with E-state index in [0.29, 0.717) is 5.92 Å².